The first-order chi connectivity index (χ1) is 13.6. The van der Waals surface area contributed by atoms with Crippen molar-refractivity contribution in [2.75, 3.05) is 38.8 Å². The minimum absolute atomic E-state index is 0.0607. The summed E-state index contributed by atoms with van der Waals surface area (Å²) in [6, 6.07) is 20.3. The van der Waals surface area contributed by atoms with Crippen molar-refractivity contribution in [1.29, 1.82) is 0 Å². The van der Waals surface area contributed by atoms with Crippen LogP contribution in [0.3, 0.4) is 0 Å². The predicted octanol–water partition coefficient (Wildman–Crippen LogP) is 3.71. The topological polar surface area (TPSA) is 42.0 Å². The van der Waals surface area contributed by atoms with E-state index in [0.717, 1.165) is 22.7 Å². The normalized spacial score (nSPS) is 12.6. The molecule has 5 nitrogen and oxygen atoms in total. The maximum absolute atomic E-state index is 12.7. The lowest BCUT2D eigenvalue weighted by molar-refractivity contribution is -0.128. The van der Waals surface area contributed by atoms with Gasteiger partial charge in [-0.15, -0.1) is 0 Å². The van der Waals surface area contributed by atoms with Gasteiger partial charge >= 0.3 is 0 Å². The second-order valence-corrected chi connectivity index (χ2v) is 7.12. The molecule has 0 spiro atoms. The number of carbonyl (C=O) groups excluding carboxylic acids is 1. The van der Waals surface area contributed by atoms with E-state index >= 15 is 0 Å². The molecule has 1 aliphatic heterocycles. The maximum atomic E-state index is 12.7. The van der Waals surface area contributed by atoms with Crippen LogP contribution < -0.4 is 14.4 Å². The molecule has 1 heterocycles. The summed E-state index contributed by atoms with van der Waals surface area (Å²) in [4.78, 5) is 16.4. The van der Waals surface area contributed by atoms with Crippen LogP contribution in [0.2, 0.25) is 0 Å². The molecule has 0 fully saturated rings. The Morgan fingerprint density at radius 2 is 1.64 bits per heavy atom. The molecule has 0 aliphatic carbocycles. The number of anilines is 1. The monoisotopic (exact) mass is 376 g/mol. The Morgan fingerprint density at radius 3 is 2.46 bits per heavy atom. The van der Waals surface area contributed by atoms with Crippen molar-refractivity contribution in [2.45, 2.75) is 6.54 Å². The van der Waals surface area contributed by atoms with Gasteiger partial charge in [0.1, 0.15) is 13.2 Å². The molecule has 0 saturated carbocycles. The van der Waals surface area contributed by atoms with Crippen molar-refractivity contribution >= 4 is 22.4 Å². The first-order valence-corrected chi connectivity index (χ1v) is 9.42. The molecule has 0 bridgehead atoms. The fourth-order valence-electron chi connectivity index (χ4n) is 3.38. The fraction of sp³-hybridized carbons (Fsp3) is 0.261. The molecule has 0 aromatic heterocycles. The van der Waals surface area contributed by atoms with E-state index in [1.54, 1.807) is 4.90 Å². The number of nitrogens with zero attached hydrogens (tertiary/aromatic N) is 2. The highest BCUT2D eigenvalue weighted by atomic mass is 16.6. The molecule has 0 N–H and O–H groups in total. The average Bonchev–Trinajstić information content (AvgIpc) is 2.73. The molecule has 0 atom stereocenters. The molecule has 144 valence electrons. The van der Waals surface area contributed by atoms with Gasteiger partial charge in [0.15, 0.2) is 11.5 Å². The highest BCUT2D eigenvalue weighted by Gasteiger charge is 2.16. The molecule has 0 radical (unpaired) electrons. The standard InChI is InChI=1S/C23H24N2O3/c1-24(20-9-8-18-5-3-4-6-19(18)14-20)16-23(26)25(2)15-17-7-10-21-22(13-17)28-12-11-27-21/h3-10,13-14H,11-12,15-16H2,1-2H3. The zero-order valence-corrected chi connectivity index (χ0v) is 16.2. The first kappa shape index (κ1) is 18.2. The summed E-state index contributed by atoms with van der Waals surface area (Å²) in [5, 5.41) is 2.37. The van der Waals surface area contributed by atoms with Gasteiger partial charge in [-0.25, -0.2) is 0 Å². The highest BCUT2D eigenvalue weighted by molar-refractivity contribution is 5.87. The van der Waals surface area contributed by atoms with E-state index in [4.69, 9.17) is 9.47 Å². The van der Waals surface area contributed by atoms with Crippen LogP contribution in [0.25, 0.3) is 10.8 Å². The number of rotatable bonds is 5. The van der Waals surface area contributed by atoms with E-state index in [-0.39, 0.29) is 5.91 Å². The quantitative estimate of drug-likeness (QED) is 0.681. The average molecular weight is 376 g/mol. The Balaban J connectivity index is 1.40. The molecule has 1 amide bonds. The number of fused-ring (bicyclic) bond motifs is 2. The summed E-state index contributed by atoms with van der Waals surface area (Å²) in [5.74, 6) is 1.57. The molecular weight excluding hydrogens is 352 g/mol. The van der Waals surface area contributed by atoms with Crippen LogP contribution in [0.1, 0.15) is 5.56 Å². The van der Waals surface area contributed by atoms with Crippen LogP contribution in [-0.4, -0.2) is 44.7 Å². The predicted molar refractivity (Wildman–Crippen MR) is 111 cm³/mol. The Labute approximate surface area is 165 Å². The van der Waals surface area contributed by atoms with Crippen molar-refractivity contribution in [3.63, 3.8) is 0 Å². The van der Waals surface area contributed by atoms with Gasteiger partial charge in [0.25, 0.3) is 0 Å². The van der Waals surface area contributed by atoms with Crippen LogP contribution >= 0.6 is 0 Å². The smallest absolute Gasteiger partial charge is 0.242 e. The number of ether oxygens (including phenoxy) is 2. The summed E-state index contributed by atoms with van der Waals surface area (Å²) in [5.41, 5.74) is 2.05. The second kappa shape index (κ2) is 7.80. The highest BCUT2D eigenvalue weighted by Crippen LogP contribution is 2.31. The van der Waals surface area contributed by atoms with Crippen LogP contribution in [0.4, 0.5) is 5.69 Å². The summed E-state index contributed by atoms with van der Waals surface area (Å²) >= 11 is 0. The van der Waals surface area contributed by atoms with Gasteiger partial charge in [-0.1, -0.05) is 36.4 Å². The molecule has 5 heteroatoms. The van der Waals surface area contributed by atoms with Crippen LogP contribution in [0.5, 0.6) is 11.5 Å². The van der Waals surface area contributed by atoms with Crippen LogP contribution in [0, 0.1) is 0 Å². The lowest BCUT2D eigenvalue weighted by Crippen LogP contribution is -2.36. The molecule has 4 rings (SSSR count). The number of hydrogen-bond acceptors (Lipinski definition) is 4. The fourth-order valence-corrected chi connectivity index (χ4v) is 3.38. The summed E-state index contributed by atoms with van der Waals surface area (Å²) in [7, 11) is 3.77. The third-order valence-electron chi connectivity index (χ3n) is 5.00. The van der Waals surface area contributed by atoms with Crippen molar-refractivity contribution in [2.24, 2.45) is 0 Å². The lowest BCUT2D eigenvalue weighted by Gasteiger charge is -2.24. The second-order valence-electron chi connectivity index (χ2n) is 7.12. The van der Waals surface area contributed by atoms with Crippen molar-refractivity contribution in [1.82, 2.24) is 4.90 Å². The molecule has 28 heavy (non-hydrogen) atoms. The Bertz CT molecular complexity index is 1000. The Hall–Kier alpha value is -3.21. The zero-order chi connectivity index (χ0) is 19.5. The van der Waals surface area contributed by atoms with E-state index in [2.05, 4.69) is 30.3 Å². The molecule has 1 aliphatic rings. The number of likely N-dealkylation sites (N-methyl/N-ethyl adjacent to an activating group) is 2. The van der Waals surface area contributed by atoms with E-state index in [0.29, 0.717) is 26.3 Å². The molecular formula is C23H24N2O3. The Morgan fingerprint density at radius 1 is 0.893 bits per heavy atom. The van der Waals surface area contributed by atoms with E-state index in [1.807, 2.05) is 49.3 Å². The molecule has 3 aromatic rings. The summed E-state index contributed by atoms with van der Waals surface area (Å²) in [6.45, 7) is 1.98. The number of carbonyl (C=O) groups is 1. The number of benzene rings is 3. The molecule has 0 unspecified atom stereocenters. The van der Waals surface area contributed by atoms with Crippen molar-refractivity contribution < 1.29 is 14.3 Å². The zero-order valence-electron chi connectivity index (χ0n) is 16.2. The summed E-state index contributed by atoms with van der Waals surface area (Å²) in [6.07, 6.45) is 0. The minimum Gasteiger partial charge on any atom is -0.486 e. The SMILES string of the molecule is CN(Cc1ccc2c(c1)OCCO2)C(=O)CN(C)c1ccc2ccccc2c1. The van der Waals surface area contributed by atoms with Crippen LogP contribution in [0.15, 0.2) is 60.7 Å². The van der Waals surface area contributed by atoms with E-state index in [1.165, 1.54) is 10.8 Å². The van der Waals surface area contributed by atoms with Crippen molar-refractivity contribution in [3.8, 4) is 11.5 Å². The maximum Gasteiger partial charge on any atom is 0.242 e. The summed E-state index contributed by atoms with van der Waals surface area (Å²) < 4.78 is 11.2. The first-order valence-electron chi connectivity index (χ1n) is 9.42. The number of amides is 1. The van der Waals surface area contributed by atoms with Gasteiger partial charge in [-0.05, 0) is 40.6 Å². The third kappa shape index (κ3) is 3.88. The minimum atomic E-state index is 0.0607. The van der Waals surface area contributed by atoms with Crippen molar-refractivity contribution in [3.05, 3.63) is 66.2 Å². The van der Waals surface area contributed by atoms with Gasteiger partial charge < -0.3 is 19.3 Å². The van der Waals surface area contributed by atoms with Gasteiger partial charge in [-0.2, -0.15) is 0 Å². The van der Waals surface area contributed by atoms with Gasteiger partial charge in [0, 0.05) is 26.3 Å². The van der Waals surface area contributed by atoms with E-state index in [9.17, 15) is 4.79 Å². The third-order valence-corrected chi connectivity index (χ3v) is 5.00. The Kier molecular flexibility index (Phi) is 5.06. The lowest BCUT2D eigenvalue weighted by atomic mass is 10.1. The van der Waals surface area contributed by atoms with Gasteiger partial charge in [0.05, 0.1) is 6.54 Å². The van der Waals surface area contributed by atoms with Crippen LogP contribution in [-0.2, 0) is 11.3 Å². The van der Waals surface area contributed by atoms with E-state index < -0.39 is 0 Å². The van der Waals surface area contributed by atoms with Gasteiger partial charge in [0.2, 0.25) is 5.91 Å². The molecule has 0 saturated heterocycles. The largest absolute Gasteiger partial charge is 0.486 e. The van der Waals surface area contributed by atoms with Gasteiger partial charge in [-0.3, -0.25) is 4.79 Å². The number of hydrogen-bond donors (Lipinski definition) is 0. The molecule has 3 aromatic carbocycles.